The fraction of sp³-hybridized carbons (Fsp3) is 0.238. The molecule has 0 spiro atoms. The predicted molar refractivity (Wildman–Crippen MR) is 106 cm³/mol. The van der Waals surface area contributed by atoms with Crippen LogP contribution in [-0.4, -0.2) is 39.4 Å². The molecule has 126 valence electrons. The summed E-state index contributed by atoms with van der Waals surface area (Å²) in [5.41, 5.74) is 4.47. The van der Waals surface area contributed by atoms with Gasteiger partial charge in [0, 0.05) is 39.6 Å². The van der Waals surface area contributed by atoms with Gasteiger partial charge in [0.2, 0.25) is 0 Å². The molecule has 0 aliphatic carbocycles. The minimum absolute atomic E-state index is 0.605. The van der Waals surface area contributed by atoms with Crippen molar-refractivity contribution in [2.24, 2.45) is 0 Å². The second-order valence-electron chi connectivity index (χ2n) is 6.18. The standard InChI is InChI=1S/C21H26N2O/c1-22(2)19-11-5-17(6-12-19)9-15-21(24)16-10-18-7-13-20(14-8-18)23(3)4/h5-16,21,24H,1-4H3. The van der Waals surface area contributed by atoms with Gasteiger partial charge in [0.25, 0.3) is 0 Å². The lowest BCUT2D eigenvalue weighted by Crippen LogP contribution is -2.07. The van der Waals surface area contributed by atoms with Crippen LogP contribution in [0.4, 0.5) is 11.4 Å². The van der Waals surface area contributed by atoms with Crippen LogP contribution in [0, 0.1) is 0 Å². The maximum absolute atomic E-state index is 10.1. The number of aliphatic hydroxyl groups excluding tert-OH is 1. The van der Waals surface area contributed by atoms with Crippen LogP contribution in [0.25, 0.3) is 12.2 Å². The van der Waals surface area contributed by atoms with Crippen LogP contribution in [0.5, 0.6) is 0 Å². The summed E-state index contributed by atoms with van der Waals surface area (Å²) in [6, 6.07) is 16.4. The summed E-state index contributed by atoms with van der Waals surface area (Å²) < 4.78 is 0. The zero-order chi connectivity index (χ0) is 17.5. The minimum atomic E-state index is -0.605. The largest absolute Gasteiger partial charge is 0.385 e. The van der Waals surface area contributed by atoms with Gasteiger partial charge in [0.05, 0.1) is 6.10 Å². The molecule has 0 aliphatic rings. The summed E-state index contributed by atoms with van der Waals surface area (Å²) in [6.07, 6.45) is 6.84. The summed E-state index contributed by atoms with van der Waals surface area (Å²) in [7, 11) is 8.07. The highest BCUT2D eigenvalue weighted by molar-refractivity contribution is 5.58. The molecule has 0 aliphatic heterocycles. The Morgan fingerprint density at radius 3 is 1.29 bits per heavy atom. The molecule has 1 N–H and O–H groups in total. The number of benzene rings is 2. The highest BCUT2D eigenvalue weighted by Gasteiger charge is 1.97. The summed E-state index contributed by atoms with van der Waals surface area (Å²) in [6.45, 7) is 0. The summed E-state index contributed by atoms with van der Waals surface area (Å²) in [5, 5.41) is 10.1. The topological polar surface area (TPSA) is 26.7 Å². The monoisotopic (exact) mass is 322 g/mol. The number of anilines is 2. The van der Waals surface area contributed by atoms with Gasteiger partial charge in [0.15, 0.2) is 0 Å². The Morgan fingerprint density at radius 2 is 1.00 bits per heavy atom. The van der Waals surface area contributed by atoms with Gasteiger partial charge in [-0.05, 0) is 35.4 Å². The Hall–Kier alpha value is -2.52. The maximum Gasteiger partial charge on any atom is 0.0909 e. The van der Waals surface area contributed by atoms with Crippen molar-refractivity contribution in [3.8, 4) is 0 Å². The second kappa shape index (κ2) is 8.37. The molecule has 0 fully saturated rings. The van der Waals surface area contributed by atoms with E-state index < -0.39 is 6.10 Å². The quantitative estimate of drug-likeness (QED) is 0.873. The lowest BCUT2D eigenvalue weighted by Gasteiger charge is -2.12. The van der Waals surface area contributed by atoms with Crippen molar-refractivity contribution in [1.29, 1.82) is 0 Å². The van der Waals surface area contributed by atoms with E-state index in [9.17, 15) is 5.11 Å². The molecule has 0 amide bonds. The molecule has 0 atom stereocenters. The van der Waals surface area contributed by atoms with Gasteiger partial charge in [-0.25, -0.2) is 0 Å². The SMILES string of the molecule is CN(C)c1ccc(C=CC(O)C=Cc2ccc(N(C)C)cc2)cc1. The van der Waals surface area contributed by atoms with Crippen LogP contribution < -0.4 is 9.80 Å². The van der Waals surface area contributed by atoms with E-state index in [0.717, 1.165) is 22.5 Å². The van der Waals surface area contributed by atoms with Crippen LogP contribution in [0.2, 0.25) is 0 Å². The van der Waals surface area contributed by atoms with E-state index in [1.165, 1.54) is 0 Å². The molecule has 0 unspecified atom stereocenters. The molecule has 0 aromatic heterocycles. The molecular formula is C21H26N2O. The first-order valence-corrected chi connectivity index (χ1v) is 8.05. The third-order valence-corrected chi connectivity index (χ3v) is 3.79. The number of hydrogen-bond donors (Lipinski definition) is 1. The fourth-order valence-corrected chi connectivity index (χ4v) is 2.25. The van der Waals surface area contributed by atoms with Crippen LogP contribution in [0.1, 0.15) is 11.1 Å². The molecule has 0 saturated heterocycles. The lowest BCUT2D eigenvalue weighted by molar-refractivity contribution is 0.273. The molecular weight excluding hydrogens is 296 g/mol. The summed E-state index contributed by atoms with van der Waals surface area (Å²) in [5.74, 6) is 0. The van der Waals surface area contributed by atoms with Gasteiger partial charge in [0.1, 0.15) is 0 Å². The zero-order valence-electron chi connectivity index (χ0n) is 14.8. The van der Waals surface area contributed by atoms with Crippen molar-refractivity contribution in [3.05, 3.63) is 71.8 Å². The van der Waals surface area contributed by atoms with Gasteiger partial charge in [-0.3, -0.25) is 0 Å². The average Bonchev–Trinajstić information content (AvgIpc) is 2.58. The van der Waals surface area contributed by atoms with Crippen molar-refractivity contribution in [2.75, 3.05) is 38.0 Å². The van der Waals surface area contributed by atoms with Gasteiger partial charge in [-0.2, -0.15) is 0 Å². The number of nitrogens with zero attached hydrogens (tertiary/aromatic N) is 2. The van der Waals surface area contributed by atoms with E-state index in [-0.39, 0.29) is 0 Å². The third-order valence-electron chi connectivity index (χ3n) is 3.79. The fourth-order valence-electron chi connectivity index (χ4n) is 2.25. The number of rotatable bonds is 6. The minimum Gasteiger partial charge on any atom is -0.385 e. The van der Waals surface area contributed by atoms with Gasteiger partial charge >= 0.3 is 0 Å². The maximum atomic E-state index is 10.1. The average molecular weight is 322 g/mol. The smallest absolute Gasteiger partial charge is 0.0909 e. The van der Waals surface area contributed by atoms with Crippen LogP contribution in [-0.2, 0) is 0 Å². The first-order valence-electron chi connectivity index (χ1n) is 8.05. The van der Waals surface area contributed by atoms with Crippen LogP contribution in [0.15, 0.2) is 60.7 Å². The highest BCUT2D eigenvalue weighted by Crippen LogP contribution is 2.15. The normalized spacial score (nSPS) is 12.7. The molecule has 3 nitrogen and oxygen atoms in total. The van der Waals surface area contributed by atoms with E-state index in [1.54, 1.807) is 12.2 Å². The number of aliphatic hydroxyl groups is 1. The van der Waals surface area contributed by atoms with E-state index in [4.69, 9.17) is 0 Å². The highest BCUT2D eigenvalue weighted by atomic mass is 16.3. The Kier molecular flexibility index (Phi) is 6.21. The predicted octanol–water partition coefficient (Wildman–Crippen LogP) is 3.91. The van der Waals surface area contributed by atoms with Gasteiger partial charge in [-0.1, -0.05) is 48.6 Å². The van der Waals surface area contributed by atoms with Crippen molar-refractivity contribution < 1.29 is 5.11 Å². The van der Waals surface area contributed by atoms with Crippen molar-refractivity contribution >= 4 is 23.5 Å². The molecule has 3 heteroatoms. The van der Waals surface area contributed by atoms with Gasteiger partial charge in [-0.15, -0.1) is 0 Å². The molecule has 0 saturated carbocycles. The first kappa shape index (κ1) is 17.8. The van der Waals surface area contributed by atoms with E-state index >= 15 is 0 Å². The molecule has 0 bridgehead atoms. The van der Waals surface area contributed by atoms with Crippen molar-refractivity contribution in [2.45, 2.75) is 6.10 Å². The van der Waals surface area contributed by atoms with Crippen LogP contribution in [0.3, 0.4) is 0 Å². The third kappa shape index (κ3) is 5.28. The lowest BCUT2D eigenvalue weighted by atomic mass is 10.1. The molecule has 2 rings (SSSR count). The molecule has 0 radical (unpaired) electrons. The van der Waals surface area contributed by atoms with Crippen molar-refractivity contribution in [3.63, 3.8) is 0 Å². The number of hydrogen-bond acceptors (Lipinski definition) is 3. The van der Waals surface area contributed by atoms with Crippen molar-refractivity contribution in [1.82, 2.24) is 0 Å². The molecule has 2 aromatic rings. The van der Waals surface area contributed by atoms with Gasteiger partial charge < -0.3 is 14.9 Å². The molecule has 0 heterocycles. The van der Waals surface area contributed by atoms with Crippen LogP contribution >= 0.6 is 0 Å². The molecule has 24 heavy (non-hydrogen) atoms. The summed E-state index contributed by atoms with van der Waals surface area (Å²) >= 11 is 0. The zero-order valence-corrected chi connectivity index (χ0v) is 14.8. The van der Waals surface area contributed by atoms with E-state index in [1.807, 2.05) is 64.6 Å². The summed E-state index contributed by atoms with van der Waals surface area (Å²) in [4.78, 5) is 4.12. The Labute approximate surface area is 145 Å². The Balaban J connectivity index is 1.95. The Morgan fingerprint density at radius 1 is 0.667 bits per heavy atom. The van der Waals surface area contributed by atoms with E-state index in [0.29, 0.717) is 0 Å². The molecule has 2 aromatic carbocycles. The van der Waals surface area contributed by atoms with E-state index in [2.05, 4.69) is 34.1 Å². The first-order chi connectivity index (χ1) is 11.5. The Bertz CT molecular complexity index is 621. The second-order valence-corrected chi connectivity index (χ2v) is 6.18.